The molecule has 1 aliphatic heterocycles. The van der Waals surface area contributed by atoms with E-state index in [1.807, 2.05) is 0 Å². The molecule has 3 heterocycles. The molecule has 2 aromatic rings. The predicted molar refractivity (Wildman–Crippen MR) is 77.1 cm³/mol. The molecule has 124 valence electrons. The zero-order valence-electron chi connectivity index (χ0n) is 12.1. The number of aromatic amines is 1. The van der Waals surface area contributed by atoms with Crippen LogP contribution in [0.1, 0.15) is 12.8 Å². The van der Waals surface area contributed by atoms with Gasteiger partial charge in [0.15, 0.2) is 5.82 Å². The summed E-state index contributed by atoms with van der Waals surface area (Å²) >= 11 is 0. The molecule has 8 nitrogen and oxygen atoms in total. The van der Waals surface area contributed by atoms with Crippen molar-refractivity contribution in [2.45, 2.75) is 25.6 Å². The lowest BCUT2D eigenvalue weighted by Gasteiger charge is -2.23. The number of halogens is 2. The lowest BCUT2D eigenvalue weighted by Crippen LogP contribution is -2.37. The molecule has 1 saturated heterocycles. The highest BCUT2D eigenvalue weighted by Crippen LogP contribution is 2.20. The predicted octanol–water partition coefficient (Wildman–Crippen LogP) is 1.68. The molecule has 2 aromatic heterocycles. The first-order valence-electron chi connectivity index (χ1n) is 7.16. The summed E-state index contributed by atoms with van der Waals surface area (Å²) in [5.41, 5.74) is 0. The summed E-state index contributed by atoms with van der Waals surface area (Å²) < 4.78 is 34.1. The summed E-state index contributed by atoms with van der Waals surface area (Å²) in [6.45, 7) is -1.16. The highest BCUT2D eigenvalue weighted by Gasteiger charge is 2.15. The molecule has 0 saturated carbocycles. The fourth-order valence-corrected chi connectivity index (χ4v) is 2.21. The summed E-state index contributed by atoms with van der Waals surface area (Å²) in [5.74, 6) is 0.938. The fourth-order valence-electron chi connectivity index (χ4n) is 2.21. The number of piperidine rings is 1. The number of ether oxygens (including phenoxy) is 2. The van der Waals surface area contributed by atoms with Gasteiger partial charge in [-0.3, -0.25) is 10.1 Å². The second-order valence-electron chi connectivity index (χ2n) is 4.95. The van der Waals surface area contributed by atoms with E-state index in [1.54, 1.807) is 0 Å². The van der Waals surface area contributed by atoms with Gasteiger partial charge in [-0.05, 0) is 19.4 Å². The van der Waals surface area contributed by atoms with Gasteiger partial charge in [-0.15, -0.1) is 5.10 Å². The molecule has 1 fully saturated rings. The molecule has 23 heavy (non-hydrogen) atoms. The van der Waals surface area contributed by atoms with E-state index >= 15 is 0 Å². The number of anilines is 2. The van der Waals surface area contributed by atoms with Crippen LogP contribution in [-0.2, 0) is 0 Å². The largest absolute Gasteiger partial charge is 0.472 e. The molecule has 0 spiro atoms. The normalized spacial score (nSPS) is 18.0. The Morgan fingerprint density at radius 3 is 3.00 bits per heavy atom. The molecule has 10 heteroatoms. The van der Waals surface area contributed by atoms with Crippen molar-refractivity contribution < 1.29 is 18.3 Å². The van der Waals surface area contributed by atoms with Crippen LogP contribution < -0.4 is 20.1 Å². The Hall–Kier alpha value is -2.49. The molecule has 3 N–H and O–H groups in total. The Labute approximate surface area is 130 Å². The van der Waals surface area contributed by atoms with E-state index < -0.39 is 6.61 Å². The standard InChI is InChI=1S/C13H16F2N6O2/c14-13(15)23-11-4-9(20-21-11)18-10-6-17-7-12(19-10)22-8-2-1-3-16-5-8/h4,6-8,13,16H,1-3,5H2,(H2,18,19,20,21)/t8-/m0/s1. The third-order valence-corrected chi connectivity index (χ3v) is 3.18. The zero-order chi connectivity index (χ0) is 16.1. The fraction of sp³-hybridized carbons (Fsp3) is 0.462. The second-order valence-corrected chi connectivity index (χ2v) is 4.95. The lowest BCUT2D eigenvalue weighted by molar-refractivity contribution is -0.0528. The van der Waals surface area contributed by atoms with Crippen LogP contribution in [0.2, 0.25) is 0 Å². The van der Waals surface area contributed by atoms with Crippen molar-refractivity contribution in [3.8, 4) is 11.8 Å². The van der Waals surface area contributed by atoms with Crippen LogP contribution in [0, 0.1) is 0 Å². The minimum atomic E-state index is -2.92. The van der Waals surface area contributed by atoms with E-state index in [-0.39, 0.29) is 12.0 Å². The van der Waals surface area contributed by atoms with Gasteiger partial charge in [-0.2, -0.15) is 13.8 Å². The smallest absolute Gasteiger partial charge is 0.388 e. The van der Waals surface area contributed by atoms with E-state index in [1.165, 1.54) is 18.5 Å². The Balaban J connectivity index is 1.61. The van der Waals surface area contributed by atoms with Gasteiger partial charge in [0.1, 0.15) is 11.9 Å². The van der Waals surface area contributed by atoms with Crippen molar-refractivity contribution >= 4 is 11.6 Å². The van der Waals surface area contributed by atoms with Gasteiger partial charge < -0.3 is 20.1 Å². The number of nitrogens with one attached hydrogen (secondary N) is 3. The maximum atomic E-state index is 12.1. The SMILES string of the molecule is FC(F)Oc1cc(Nc2cncc(O[C@H]3CCCNC3)n2)[nH]n1. The highest BCUT2D eigenvalue weighted by atomic mass is 19.3. The Morgan fingerprint density at radius 1 is 1.30 bits per heavy atom. The molecule has 0 amide bonds. The average molecular weight is 326 g/mol. The first kappa shape index (κ1) is 15.4. The van der Waals surface area contributed by atoms with Crippen LogP contribution in [0.4, 0.5) is 20.4 Å². The van der Waals surface area contributed by atoms with E-state index in [2.05, 4.69) is 35.5 Å². The first-order valence-corrected chi connectivity index (χ1v) is 7.16. The first-order chi connectivity index (χ1) is 11.2. The number of nitrogens with zero attached hydrogens (tertiary/aromatic N) is 3. The van der Waals surface area contributed by atoms with Gasteiger partial charge in [0.2, 0.25) is 11.8 Å². The summed E-state index contributed by atoms with van der Waals surface area (Å²) in [5, 5.41) is 12.2. The molecule has 0 aromatic carbocycles. The van der Waals surface area contributed by atoms with Crippen LogP contribution in [0.15, 0.2) is 18.5 Å². The van der Waals surface area contributed by atoms with Gasteiger partial charge in [-0.25, -0.2) is 0 Å². The van der Waals surface area contributed by atoms with Gasteiger partial charge in [-0.1, -0.05) is 0 Å². The molecular weight excluding hydrogens is 310 g/mol. The Morgan fingerprint density at radius 2 is 2.22 bits per heavy atom. The van der Waals surface area contributed by atoms with Crippen molar-refractivity contribution in [2.75, 3.05) is 18.4 Å². The van der Waals surface area contributed by atoms with Crippen LogP contribution >= 0.6 is 0 Å². The third-order valence-electron chi connectivity index (χ3n) is 3.18. The van der Waals surface area contributed by atoms with Crippen molar-refractivity contribution in [3.63, 3.8) is 0 Å². The van der Waals surface area contributed by atoms with Crippen LogP contribution in [0.3, 0.4) is 0 Å². The van der Waals surface area contributed by atoms with Crippen LogP contribution in [0.5, 0.6) is 11.8 Å². The number of alkyl halides is 2. The monoisotopic (exact) mass is 326 g/mol. The lowest BCUT2D eigenvalue weighted by atomic mass is 10.1. The topological polar surface area (TPSA) is 97.0 Å². The van der Waals surface area contributed by atoms with E-state index in [9.17, 15) is 8.78 Å². The number of aromatic nitrogens is 4. The van der Waals surface area contributed by atoms with Gasteiger partial charge in [0.25, 0.3) is 0 Å². The quantitative estimate of drug-likeness (QED) is 0.743. The molecular formula is C13H16F2N6O2. The van der Waals surface area contributed by atoms with E-state index in [0.29, 0.717) is 17.5 Å². The van der Waals surface area contributed by atoms with E-state index in [4.69, 9.17) is 4.74 Å². The summed E-state index contributed by atoms with van der Waals surface area (Å²) in [6.07, 6.45) is 5.09. The highest BCUT2D eigenvalue weighted by molar-refractivity contribution is 5.51. The molecule has 3 rings (SSSR count). The second kappa shape index (κ2) is 7.18. The average Bonchev–Trinajstić information content (AvgIpc) is 2.95. The van der Waals surface area contributed by atoms with Gasteiger partial charge >= 0.3 is 6.61 Å². The zero-order valence-corrected chi connectivity index (χ0v) is 12.1. The maximum absolute atomic E-state index is 12.1. The Bertz CT molecular complexity index is 632. The molecule has 0 aliphatic carbocycles. The molecule has 0 bridgehead atoms. The third kappa shape index (κ3) is 4.49. The van der Waals surface area contributed by atoms with Crippen molar-refractivity contribution in [1.29, 1.82) is 0 Å². The summed E-state index contributed by atoms with van der Waals surface area (Å²) in [7, 11) is 0. The van der Waals surface area contributed by atoms with Crippen molar-refractivity contribution in [3.05, 3.63) is 18.5 Å². The molecule has 1 aliphatic rings. The maximum Gasteiger partial charge on any atom is 0.388 e. The van der Waals surface area contributed by atoms with Crippen molar-refractivity contribution in [1.82, 2.24) is 25.5 Å². The molecule has 0 unspecified atom stereocenters. The molecule has 1 atom stereocenters. The molecule has 0 radical (unpaired) electrons. The van der Waals surface area contributed by atoms with Gasteiger partial charge in [0, 0.05) is 12.6 Å². The summed E-state index contributed by atoms with van der Waals surface area (Å²) in [6, 6.07) is 1.30. The number of hydrogen-bond donors (Lipinski definition) is 3. The minimum Gasteiger partial charge on any atom is -0.472 e. The minimum absolute atomic E-state index is 0.0616. The van der Waals surface area contributed by atoms with E-state index in [0.717, 1.165) is 25.9 Å². The number of hydrogen-bond acceptors (Lipinski definition) is 7. The Kier molecular flexibility index (Phi) is 4.81. The van der Waals surface area contributed by atoms with Crippen LogP contribution in [0.25, 0.3) is 0 Å². The number of H-pyrrole nitrogens is 1. The number of rotatable bonds is 6. The van der Waals surface area contributed by atoms with Crippen molar-refractivity contribution in [2.24, 2.45) is 0 Å². The van der Waals surface area contributed by atoms with Gasteiger partial charge in [0.05, 0.1) is 12.4 Å². The summed E-state index contributed by atoms with van der Waals surface area (Å²) in [4.78, 5) is 8.32. The van der Waals surface area contributed by atoms with Crippen LogP contribution in [-0.4, -0.2) is 46.0 Å².